The highest BCUT2D eigenvalue weighted by Crippen LogP contribution is 2.36. The lowest BCUT2D eigenvalue weighted by Crippen LogP contribution is -2.46. The number of likely N-dealkylation sites (tertiary alicyclic amines) is 1. The van der Waals surface area contributed by atoms with Crippen LogP contribution in [0.5, 0.6) is 5.75 Å². The van der Waals surface area contributed by atoms with Crippen molar-refractivity contribution < 1.29 is 4.74 Å². The maximum Gasteiger partial charge on any atom is 0.156 e. The second-order valence-electron chi connectivity index (χ2n) is 5.88. The number of nitrogens with two attached hydrogens (primary N) is 1. The molecule has 0 aromatic heterocycles. The van der Waals surface area contributed by atoms with Crippen molar-refractivity contribution in [3.8, 4) is 5.75 Å². The number of rotatable bonds is 1. The number of aliphatic imine (C=N–C) groups is 1. The van der Waals surface area contributed by atoms with Crippen LogP contribution < -0.4 is 10.5 Å². The summed E-state index contributed by atoms with van der Waals surface area (Å²) in [4.78, 5) is 7.25. The fourth-order valence-corrected chi connectivity index (χ4v) is 2.90. The summed E-state index contributed by atoms with van der Waals surface area (Å²) in [6, 6.07) is 5.70. The second kappa shape index (κ2) is 5.35. The third-order valence-electron chi connectivity index (χ3n) is 4.25. The molecule has 0 saturated carbocycles. The van der Waals surface area contributed by atoms with Crippen molar-refractivity contribution >= 4 is 17.2 Å². The molecule has 1 aromatic carbocycles. The zero-order valence-corrected chi connectivity index (χ0v) is 12.3. The van der Waals surface area contributed by atoms with Crippen LogP contribution in [0.4, 0.5) is 11.4 Å². The summed E-state index contributed by atoms with van der Waals surface area (Å²) in [5.41, 5.74) is 7.45. The van der Waals surface area contributed by atoms with Crippen molar-refractivity contribution in [3.05, 3.63) is 18.2 Å². The summed E-state index contributed by atoms with van der Waals surface area (Å²) in [5.74, 6) is 2.73. The molecule has 0 bridgehead atoms. The smallest absolute Gasteiger partial charge is 0.156 e. The summed E-state index contributed by atoms with van der Waals surface area (Å²) in [6.45, 7) is 6.64. The minimum absolute atomic E-state index is 0.0534. The van der Waals surface area contributed by atoms with Crippen LogP contribution in [0.15, 0.2) is 23.2 Å². The zero-order chi connectivity index (χ0) is 14.1. The zero-order valence-electron chi connectivity index (χ0n) is 12.3. The van der Waals surface area contributed by atoms with Gasteiger partial charge in [0.15, 0.2) is 6.10 Å². The number of ether oxygens (including phenoxy) is 1. The molecule has 4 heteroatoms. The Labute approximate surface area is 120 Å². The van der Waals surface area contributed by atoms with Gasteiger partial charge in [0.2, 0.25) is 0 Å². The number of amidine groups is 1. The van der Waals surface area contributed by atoms with Crippen molar-refractivity contribution in [1.29, 1.82) is 0 Å². The van der Waals surface area contributed by atoms with E-state index in [-0.39, 0.29) is 6.10 Å². The van der Waals surface area contributed by atoms with E-state index in [1.54, 1.807) is 0 Å². The largest absolute Gasteiger partial charge is 0.480 e. The van der Waals surface area contributed by atoms with Gasteiger partial charge < -0.3 is 15.4 Å². The highest BCUT2D eigenvalue weighted by atomic mass is 16.5. The molecule has 108 valence electrons. The fourth-order valence-electron chi connectivity index (χ4n) is 2.90. The number of hydrogen-bond donors (Lipinski definition) is 1. The Bertz CT molecular complexity index is 518. The van der Waals surface area contributed by atoms with Crippen LogP contribution in [0.3, 0.4) is 0 Å². The molecule has 1 unspecified atom stereocenters. The van der Waals surface area contributed by atoms with E-state index in [0.717, 1.165) is 48.4 Å². The molecule has 0 radical (unpaired) electrons. The number of benzene rings is 1. The van der Waals surface area contributed by atoms with E-state index < -0.39 is 0 Å². The number of piperidine rings is 1. The molecule has 1 fully saturated rings. The lowest BCUT2D eigenvalue weighted by molar-refractivity contribution is 0.211. The first-order valence-corrected chi connectivity index (χ1v) is 7.57. The molecule has 20 heavy (non-hydrogen) atoms. The Hall–Kier alpha value is -1.71. The monoisotopic (exact) mass is 273 g/mol. The van der Waals surface area contributed by atoms with E-state index in [9.17, 15) is 0 Å². The average Bonchev–Trinajstić information content (AvgIpc) is 2.46. The van der Waals surface area contributed by atoms with Gasteiger partial charge >= 0.3 is 0 Å². The van der Waals surface area contributed by atoms with E-state index in [1.165, 1.54) is 12.8 Å². The van der Waals surface area contributed by atoms with Gasteiger partial charge in [-0.1, -0.05) is 13.8 Å². The Morgan fingerprint density at radius 3 is 2.80 bits per heavy atom. The Kier molecular flexibility index (Phi) is 3.55. The highest BCUT2D eigenvalue weighted by Gasteiger charge is 2.29. The molecule has 2 N–H and O–H groups in total. The molecule has 0 aliphatic carbocycles. The summed E-state index contributed by atoms with van der Waals surface area (Å²) in [6.07, 6.45) is 3.46. The Morgan fingerprint density at radius 1 is 1.35 bits per heavy atom. The molecular weight excluding hydrogens is 250 g/mol. The van der Waals surface area contributed by atoms with Gasteiger partial charge in [0, 0.05) is 24.8 Å². The predicted octanol–water partition coefficient (Wildman–Crippen LogP) is 3.20. The maximum atomic E-state index is 6.10. The summed E-state index contributed by atoms with van der Waals surface area (Å²) < 4.78 is 6.10. The van der Waals surface area contributed by atoms with Gasteiger partial charge in [0.25, 0.3) is 0 Å². The van der Waals surface area contributed by atoms with Crippen molar-refractivity contribution in [2.24, 2.45) is 10.9 Å². The van der Waals surface area contributed by atoms with Crippen molar-refractivity contribution in [3.63, 3.8) is 0 Å². The predicted molar refractivity (Wildman–Crippen MR) is 82.6 cm³/mol. The number of nitrogens with zero attached hydrogens (tertiary/aromatic N) is 2. The molecule has 0 amide bonds. The molecule has 1 aromatic rings. The van der Waals surface area contributed by atoms with Gasteiger partial charge in [-0.2, -0.15) is 0 Å². The number of fused-ring (bicyclic) bond motifs is 1. The quantitative estimate of drug-likeness (QED) is 0.799. The Balaban J connectivity index is 1.89. The maximum absolute atomic E-state index is 6.10. The van der Waals surface area contributed by atoms with Gasteiger partial charge in [-0.25, -0.2) is 4.99 Å². The molecule has 2 aliphatic heterocycles. The third-order valence-corrected chi connectivity index (χ3v) is 4.25. The van der Waals surface area contributed by atoms with Crippen molar-refractivity contribution in [1.82, 2.24) is 4.90 Å². The molecule has 2 aliphatic rings. The molecule has 2 heterocycles. The van der Waals surface area contributed by atoms with Crippen molar-refractivity contribution in [2.75, 3.05) is 18.8 Å². The second-order valence-corrected chi connectivity index (χ2v) is 5.88. The SMILES string of the molecule is CCC1Oc2cc(N)ccc2N=C1N1CCC(C)CC1. The molecular formula is C16H23N3O. The van der Waals surface area contributed by atoms with Gasteiger partial charge in [-0.3, -0.25) is 0 Å². The lowest BCUT2D eigenvalue weighted by Gasteiger charge is -2.37. The van der Waals surface area contributed by atoms with E-state index in [2.05, 4.69) is 18.7 Å². The van der Waals surface area contributed by atoms with Crippen LogP contribution in [0, 0.1) is 5.92 Å². The summed E-state index contributed by atoms with van der Waals surface area (Å²) >= 11 is 0. The minimum Gasteiger partial charge on any atom is -0.480 e. The first-order chi connectivity index (χ1) is 9.67. The summed E-state index contributed by atoms with van der Waals surface area (Å²) in [7, 11) is 0. The van der Waals surface area contributed by atoms with Gasteiger partial charge in [-0.05, 0) is 37.3 Å². The molecule has 1 atom stereocenters. The van der Waals surface area contributed by atoms with E-state index in [1.807, 2.05) is 18.2 Å². The normalized spacial score (nSPS) is 23.0. The van der Waals surface area contributed by atoms with Gasteiger partial charge in [-0.15, -0.1) is 0 Å². The molecule has 0 spiro atoms. The molecule has 1 saturated heterocycles. The van der Waals surface area contributed by atoms with Crippen LogP contribution in [0.25, 0.3) is 0 Å². The van der Waals surface area contributed by atoms with Crippen molar-refractivity contribution in [2.45, 2.75) is 39.2 Å². The van der Waals surface area contributed by atoms with Gasteiger partial charge in [0.1, 0.15) is 17.3 Å². The number of hydrogen-bond acceptors (Lipinski definition) is 4. The number of nitrogen functional groups attached to an aromatic ring is 1. The van der Waals surface area contributed by atoms with Crippen LogP contribution in [-0.2, 0) is 0 Å². The van der Waals surface area contributed by atoms with Crippen LogP contribution in [0.1, 0.15) is 33.1 Å². The molecule has 4 nitrogen and oxygen atoms in total. The Morgan fingerprint density at radius 2 is 2.10 bits per heavy atom. The van der Waals surface area contributed by atoms with E-state index in [4.69, 9.17) is 15.5 Å². The number of anilines is 1. The standard InChI is InChI=1S/C16H23N3O/c1-3-14-16(19-8-6-11(2)7-9-19)18-13-5-4-12(17)10-15(13)20-14/h4-5,10-11,14H,3,6-9,17H2,1-2H3. The minimum atomic E-state index is 0.0534. The van der Waals surface area contributed by atoms with E-state index in [0.29, 0.717) is 0 Å². The topological polar surface area (TPSA) is 50.9 Å². The van der Waals surface area contributed by atoms with Crippen LogP contribution >= 0.6 is 0 Å². The fraction of sp³-hybridized carbons (Fsp3) is 0.562. The first kappa shape index (κ1) is 13.3. The van der Waals surface area contributed by atoms with Gasteiger partial charge in [0.05, 0.1) is 0 Å². The van der Waals surface area contributed by atoms with Crippen LogP contribution in [0.2, 0.25) is 0 Å². The van der Waals surface area contributed by atoms with E-state index >= 15 is 0 Å². The van der Waals surface area contributed by atoms with Crippen LogP contribution in [-0.4, -0.2) is 29.9 Å². The highest BCUT2D eigenvalue weighted by molar-refractivity contribution is 5.91. The first-order valence-electron chi connectivity index (χ1n) is 7.57. The molecule has 3 rings (SSSR count). The summed E-state index contributed by atoms with van der Waals surface area (Å²) in [5, 5.41) is 0. The average molecular weight is 273 g/mol. The third kappa shape index (κ3) is 2.47. The lowest BCUT2D eigenvalue weighted by atomic mass is 9.98.